The van der Waals surface area contributed by atoms with Gasteiger partial charge in [0, 0.05) is 28.1 Å². The molecule has 2 rings (SSSR count). The Labute approximate surface area is 199 Å². The monoisotopic (exact) mass is 463 g/mol. The number of carbonyl (C=O) groups excluding carboxylic acids is 3. The lowest BCUT2D eigenvalue weighted by molar-refractivity contribution is -0.142. The topological polar surface area (TPSA) is 82.1 Å². The Morgan fingerprint density at radius 3 is 1.59 bits per heavy atom. The van der Waals surface area contributed by atoms with Crippen LogP contribution in [0.25, 0.3) is 0 Å². The van der Waals surface area contributed by atoms with Gasteiger partial charge in [0.05, 0.1) is 0 Å². The summed E-state index contributed by atoms with van der Waals surface area (Å²) < 4.78 is 16.1. The lowest BCUT2D eigenvalue weighted by Crippen LogP contribution is -2.40. The third kappa shape index (κ3) is 7.48. The Balaban J connectivity index is 2.41. The average Bonchev–Trinajstić information content (AvgIpc) is 2.81. The molecule has 0 unspecified atom stereocenters. The van der Waals surface area contributed by atoms with Crippen molar-refractivity contribution in [2.45, 2.75) is 26.8 Å². The fourth-order valence-electron chi connectivity index (χ4n) is 2.82. The third-order valence-electron chi connectivity index (χ3n) is 4.58. The fraction of sp³-hybridized carbons (Fsp3) is 0.222. The van der Waals surface area contributed by atoms with Gasteiger partial charge in [-0.3, -0.25) is 0 Å². The zero-order chi connectivity index (χ0) is 25.3. The number of nitrogens with zero attached hydrogens (tertiary/aromatic N) is 1. The number of rotatable bonds is 11. The molecule has 0 aliphatic rings. The lowest BCUT2D eigenvalue weighted by atomic mass is 10.1. The fourth-order valence-corrected chi connectivity index (χ4v) is 2.82. The Morgan fingerprint density at radius 2 is 1.15 bits per heavy atom. The molecule has 2 aromatic carbocycles. The second kappa shape index (κ2) is 12.2. The normalized spacial score (nSPS) is 10.2. The van der Waals surface area contributed by atoms with Crippen molar-refractivity contribution >= 4 is 29.3 Å². The molecule has 34 heavy (non-hydrogen) atoms. The van der Waals surface area contributed by atoms with E-state index in [-0.39, 0.29) is 29.9 Å². The van der Waals surface area contributed by atoms with Crippen molar-refractivity contribution in [2.75, 3.05) is 18.1 Å². The molecule has 178 valence electrons. The maximum Gasteiger partial charge on any atom is 0.338 e. The summed E-state index contributed by atoms with van der Waals surface area (Å²) in [5.74, 6) is -1.27. The molecule has 0 saturated carbocycles. The molecule has 0 N–H and O–H groups in total. The molecule has 0 fully saturated rings. The van der Waals surface area contributed by atoms with E-state index in [1.54, 1.807) is 45.0 Å². The number of carbonyl (C=O) groups is 3. The van der Waals surface area contributed by atoms with Crippen LogP contribution in [0.2, 0.25) is 0 Å². The van der Waals surface area contributed by atoms with Crippen molar-refractivity contribution < 1.29 is 28.6 Å². The van der Waals surface area contributed by atoms with Crippen LogP contribution in [-0.4, -0.2) is 37.2 Å². The first-order valence-corrected chi connectivity index (χ1v) is 10.6. The van der Waals surface area contributed by atoms with Crippen LogP contribution in [0.3, 0.4) is 0 Å². The van der Waals surface area contributed by atoms with Crippen molar-refractivity contribution in [1.82, 2.24) is 0 Å². The van der Waals surface area contributed by atoms with Crippen LogP contribution < -0.4 is 9.64 Å². The second-order valence-corrected chi connectivity index (χ2v) is 7.78. The summed E-state index contributed by atoms with van der Waals surface area (Å²) in [5.41, 5.74) is 2.27. The van der Waals surface area contributed by atoms with Crippen LogP contribution in [0.5, 0.6) is 5.75 Å². The largest absolute Gasteiger partial charge is 0.460 e. The zero-order valence-electron chi connectivity index (χ0n) is 19.7. The summed E-state index contributed by atoms with van der Waals surface area (Å²) >= 11 is 0. The minimum atomic E-state index is -0.571. The number of hydrogen-bond donors (Lipinski definition) is 0. The Hall–Kier alpha value is -4.13. The van der Waals surface area contributed by atoms with Crippen molar-refractivity contribution in [3.63, 3.8) is 0 Å². The number of hydrogen-bond acceptors (Lipinski definition) is 7. The highest BCUT2D eigenvalue weighted by Gasteiger charge is 2.25. The highest BCUT2D eigenvalue weighted by Crippen LogP contribution is 2.30. The van der Waals surface area contributed by atoms with Crippen LogP contribution in [-0.2, 0) is 23.9 Å². The van der Waals surface area contributed by atoms with E-state index in [2.05, 4.69) is 19.7 Å². The molecular formula is C27H29NO6. The maximum atomic E-state index is 12.1. The van der Waals surface area contributed by atoms with Gasteiger partial charge >= 0.3 is 17.9 Å². The first kappa shape index (κ1) is 26.1. The number of para-hydroxylation sites is 1. The van der Waals surface area contributed by atoms with Gasteiger partial charge < -0.3 is 19.1 Å². The highest BCUT2D eigenvalue weighted by molar-refractivity contribution is 5.89. The van der Waals surface area contributed by atoms with Gasteiger partial charge in [0.15, 0.2) is 0 Å². The summed E-state index contributed by atoms with van der Waals surface area (Å²) in [4.78, 5) is 37.8. The van der Waals surface area contributed by atoms with Crippen molar-refractivity contribution in [3.8, 4) is 5.75 Å². The standard InChI is InChI=1S/C27H29NO6/c1-18(2)25(29)32-16-23(17-33-26(30)19(3)4)28(21-10-8-7-9-11-21)22-12-14-24(15-13-22)34-27(31)20(5)6/h7-15,23H,1,3,5,16-17H2,2,4,6H3. The van der Waals surface area contributed by atoms with Crippen LogP contribution in [0.15, 0.2) is 91.1 Å². The van der Waals surface area contributed by atoms with E-state index in [0.29, 0.717) is 11.4 Å². The predicted octanol–water partition coefficient (Wildman–Crippen LogP) is 4.91. The quantitative estimate of drug-likeness (QED) is 0.266. The summed E-state index contributed by atoms with van der Waals surface area (Å²) in [6.07, 6.45) is 0. The molecular weight excluding hydrogens is 434 g/mol. The molecule has 0 bridgehead atoms. The van der Waals surface area contributed by atoms with E-state index < -0.39 is 23.9 Å². The van der Waals surface area contributed by atoms with Gasteiger partial charge in [-0.25, -0.2) is 14.4 Å². The number of esters is 3. The molecule has 0 radical (unpaired) electrons. The van der Waals surface area contributed by atoms with Gasteiger partial charge in [0.25, 0.3) is 0 Å². The lowest BCUT2D eigenvalue weighted by Gasteiger charge is -2.33. The molecule has 2 aromatic rings. The molecule has 0 atom stereocenters. The zero-order valence-corrected chi connectivity index (χ0v) is 19.7. The van der Waals surface area contributed by atoms with E-state index >= 15 is 0 Å². The van der Waals surface area contributed by atoms with Gasteiger partial charge in [-0.05, 0) is 57.2 Å². The van der Waals surface area contributed by atoms with Crippen molar-refractivity contribution in [2.24, 2.45) is 0 Å². The van der Waals surface area contributed by atoms with Crippen LogP contribution in [0, 0.1) is 0 Å². The molecule has 7 nitrogen and oxygen atoms in total. The van der Waals surface area contributed by atoms with Crippen LogP contribution in [0.4, 0.5) is 11.4 Å². The molecule has 0 saturated heterocycles. The number of ether oxygens (including phenoxy) is 3. The summed E-state index contributed by atoms with van der Waals surface area (Å²) in [6, 6.07) is 15.6. The first-order valence-electron chi connectivity index (χ1n) is 10.6. The maximum absolute atomic E-state index is 12.1. The van der Waals surface area contributed by atoms with E-state index in [0.717, 1.165) is 5.69 Å². The van der Waals surface area contributed by atoms with E-state index in [4.69, 9.17) is 14.2 Å². The van der Waals surface area contributed by atoms with Gasteiger partial charge in [-0.1, -0.05) is 37.9 Å². The van der Waals surface area contributed by atoms with Crippen LogP contribution >= 0.6 is 0 Å². The van der Waals surface area contributed by atoms with E-state index in [9.17, 15) is 14.4 Å². The van der Waals surface area contributed by atoms with Gasteiger partial charge in [0.1, 0.15) is 25.0 Å². The SMILES string of the molecule is C=C(C)C(=O)OCC(COC(=O)C(=C)C)N(c1ccccc1)c1ccc(OC(=O)C(=C)C)cc1. The number of benzene rings is 2. The average molecular weight is 464 g/mol. The third-order valence-corrected chi connectivity index (χ3v) is 4.58. The summed E-state index contributed by atoms with van der Waals surface area (Å²) in [7, 11) is 0. The smallest absolute Gasteiger partial charge is 0.338 e. The molecule has 0 spiro atoms. The van der Waals surface area contributed by atoms with Gasteiger partial charge in [-0.15, -0.1) is 0 Å². The van der Waals surface area contributed by atoms with Gasteiger partial charge in [-0.2, -0.15) is 0 Å². The molecule has 0 amide bonds. The summed E-state index contributed by atoms with van der Waals surface area (Å²) in [6.45, 7) is 15.3. The molecule has 0 heterocycles. The minimum absolute atomic E-state index is 0.0730. The molecule has 0 aliphatic carbocycles. The first-order chi connectivity index (χ1) is 16.1. The number of anilines is 2. The predicted molar refractivity (Wildman–Crippen MR) is 131 cm³/mol. The molecule has 7 heteroatoms. The van der Waals surface area contributed by atoms with Crippen LogP contribution in [0.1, 0.15) is 20.8 Å². The van der Waals surface area contributed by atoms with E-state index in [1.807, 2.05) is 35.2 Å². The van der Waals surface area contributed by atoms with E-state index in [1.165, 1.54) is 0 Å². The highest BCUT2D eigenvalue weighted by atomic mass is 16.5. The Kier molecular flexibility index (Phi) is 9.38. The molecule has 0 aromatic heterocycles. The molecule has 0 aliphatic heterocycles. The minimum Gasteiger partial charge on any atom is -0.460 e. The van der Waals surface area contributed by atoms with Crippen molar-refractivity contribution in [3.05, 3.63) is 91.1 Å². The van der Waals surface area contributed by atoms with Crippen molar-refractivity contribution in [1.29, 1.82) is 0 Å². The second-order valence-electron chi connectivity index (χ2n) is 7.78. The van der Waals surface area contributed by atoms with Gasteiger partial charge in [0.2, 0.25) is 0 Å². The Morgan fingerprint density at radius 1 is 0.706 bits per heavy atom. The Bertz CT molecular complexity index is 1040. The summed E-state index contributed by atoms with van der Waals surface area (Å²) in [5, 5.41) is 0.